The Morgan fingerprint density at radius 1 is 1.56 bits per heavy atom. The number of aromatic nitrogens is 1. The third kappa shape index (κ3) is 2.10. The lowest BCUT2D eigenvalue weighted by molar-refractivity contribution is 0.0706. The van der Waals surface area contributed by atoms with E-state index in [1.54, 1.807) is 11.7 Å². The van der Waals surface area contributed by atoms with Gasteiger partial charge in [-0.1, -0.05) is 6.92 Å². The van der Waals surface area contributed by atoms with Crippen LogP contribution >= 0.6 is 0 Å². The minimum Gasteiger partial charge on any atom is -0.349 e. The van der Waals surface area contributed by atoms with E-state index < -0.39 is 5.91 Å². The molecule has 0 aliphatic carbocycles. The molecule has 5 heteroatoms. The lowest BCUT2D eigenvalue weighted by Gasteiger charge is -2.16. The number of amides is 1. The number of hydrogen-bond donors (Lipinski definition) is 2. The summed E-state index contributed by atoms with van der Waals surface area (Å²) in [6.45, 7) is 6.06. The summed E-state index contributed by atoms with van der Waals surface area (Å²) in [7, 11) is 0. The summed E-state index contributed by atoms with van der Waals surface area (Å²) in [6.07, 6.45) is 2.90. The number of carbonyl (C=O) groups is 1. The van der Waals surface area contributed by atoms with Crippen LogP contribution in [0, 0.1) is 0 Å². The molecule has 5 nitrogen and oxygen atoms in total. The highest BCUT2D eigenvalue weighted by atomic mass is 16.5. The maximum atomic E-state index is 11.3. The van der Waals surface area contributed by atoms with Gasteiger partial charge in [-0.15, -0.1) is 0 Å². The second-order valence-electron chi connectivity index (χ2n) is 4.08. The van der Waals surface area contributed by atoms with Crippen LogP contribution in [0.2, 0.25) is 0 Å². The van der Waals surface area contributed by atoms with Gasteiger partial charge in [0, 0.05) is 31.5 Å². The van der Waals surface area contributed by atoms with E-state index >= 15 is 0 Å². The molecule has 2 rings (SSSR count). The lowest BCUT2D eigenvalue weighted by Crippen LogP contribution is -2.22. The largest absolute Gasteiger partial charge is 0.349 e. The van der Waals surface area contributed by atoms with E-state index in [9.17, 15) is 4.79 Å². The molecule has 0 bridgehead atoms. The predicted molar refractivity (Wildman–Crippen MR) is 59.3 cm³/mol. The van der Waals surface area contributed by atoms with E-state index in [0.717, 1.165) is 38.3 Å². The number of rotatable bonds is 2. The van der Waals surface area contributed by atoms with Gasteiger partial charge < -0.3 is 4.57 Å². The topological polar surface area (TPSA) is 57.5 Å². The highest BCUT2D eigenvalue weighted by Gasteiger charge is 2.16. The van der Waals surface area contributed by atoms with E-state index in [1.807, 2.05) is 6.07 Å². The Kier molecular flexibility index (Phi) is 3.26. The number of hydrogen-bond acceptors (Lipinski definition) is 3. The molecule has 16 heavy (non-hydrogen) atoms. The van der Waals surface area contributed by atoms with Crippen molar-refractivity contribution in [3.8, 4) is 0 Å². The van der Waals surface area contributed by atoms with Crippen molar-refractivity contribution >= 4 is 5.91 Å². The number of carbonyl (C=O) groups excluding carboxylic acids is 1. The predicted octanol–water partition coefficient (Wildman–Crippen LogP) is 0.833. The van der Waals surface area contributed by atoms with Crippen LogP contribution in [0.4, 0.5) is 0 Å². The van der Waals surface area contributed by atoms with Crippen LogP contribution in [-0.4, -0.2) is 33.7 Å². The summed E-state index contributed by atoms with van der Waals surface area (Å²) in [4.78, 5) is 13.6. The van der Waals surface area contributed by atoms with Gasteiger partial charge >= 0.3 is 0 Å². The van der Waals surface area contributed by atoms with Gasteiger partial charge in [-0.3, -0.25) is 14.9 Å². The molecule has 1 aromatic heterocycles. The zero-order valence-corrected chi connectivity index (χ0v) is 9.44. The monoisotopic (exact) mass is 223 g/mol. The van der Waals surface area contributed by atoms with Crippen LogP contribution in [-0.2, 0) is 13.1 Å². The van der Waals surface area contributed by atoms with Crippen LogP contribution in [0.5, 0.6) is 0 Å². The number of nitrogens with one attached hydrogen (secondary N) is 1. The molecule has 1 aliphatic rings. The molecule has 0 unspecified atom stereocenters. The maximum Gasteiger partial charge on any atom is 0.276 e. The average Bonchev–Trinajstić information content (AvgIpc) is 2.60. The fourth-order valence-corrected chi connectivity index (χ4v) is 2.13. The van der Waals surface area contributed by atoms with Crippen molar-refractivity contribution < 1.29 is 10.0 Å². The number of hydroxylamine groups is 1. The SMILES string of the molecule is CCN1CCCn2cc(C(=O)NO)cc2C1. The molecular formula is C11H17N3O2. The number of nitrogens with zero attached hydrogens (tertiary/aromatic N) is 2. The maximum absolute atomic E-state index is 11.3. The molecule has 0 spiro atoms. The van der Waals surface area contributed by atoms with E-state index in [2.05, 4.69) is 16.4 Å². The average molecular weight is 223 g/mol. The van der Waals surface area contributed by atoms with E-state index in [-0.39, 0.29) is 0 Å². The molecule has 0 saturated heterocycles. The van der Waals surface area contributed by atoms with Crippen LogP contribution in [0.15, 0.2) is 12.3 Å². The third-order valence-electron chi connectivity index (χ3n) is 3.06. The van der Waals surface area contributed by atoms with Gasteiger partial charge in [-0.05, 0) is 19.0 Å². The first-order chi connectivity index (χ1) is 7.74. The molecular weight excluding hydrogens is 206 g/mol. The van der Waals surface area contributed by atoms with Gasteiger partial charge in [0.2, 0.25) is 0 Å². The second kappa shape index (κ2) is 4.67. The van der Waals surface area contributed by atoms with Crippen molar-refractivity contribution in [2.24, 2.45) is 0 Å². The van der Waals surface area contributed by atoms with Gasteiger partial charge in [-0.2, -0.15) is 0 Å². The van der Waals surface area contributed by atoms with Crippen LogP contribution in [0.1, 0.15) is 29.4 Å². The Labute approximate surface area is 94.6 Å². The first-order valence-corrected chi connectivity index (χ1v) is 5.60. The minimum atomic E-state index is -0.441. The Morgan fingerprint density at radius 3 is 3.06 bits per heavy atom. The normalized spacial score (nSPS) is 16.6. The Balaban J connectivity index is 2.23. The van der Waals surface area contributed by atoms with Crippen LogP contribution in [0.3, 0.4) is 0 Å². The van der Waals surface area contributed by atoms with Gasteiger partial charge in [0.05, 0.1) is 5.56 Å². The molecule has 0 saturated carbocycles. The van der Waals surface area contributed by atoms with Crippen molar-refractivity contribution in [2.45, 2.75) is 26.4 Å². The molecule has 0 aromatic carbocycles. The van der Waals surface area contributed by atoms with Gasteiger partial charge in [-0.25, -0.2) is 5.48 Å². The summed E-state index contributed by atoms with van der Waals surface area (Å²) < 4.78 is 2.10. The molecule has 1 aliphatic heterocycles. The molecule has 0 fully saturated rings. The first kappa shape index (κ1) is 11.2. The molecule has 2 heterocycles. The molecule has 0 radical (unpaired) electrons. The van der Waals surface area contributed by atoms with E-state index in [0.29, 0.717) is 5.56 Å². The molecule has 2 N–H and O–H groups in total. The first-order valence-electron chi connectivity index (χ1n) is 5.60. The molecule has 0 atom stereocenters. The Hall–Kier alpha value is -1.33. The summed E-state index contributed by atoms with van der Waals surface area (Å²) in [5.41, 5.74) is 3.33. The fraction of sp³-hybridized carbons (Fsp3) is 0.545. The molecule has 1 aromatic rings. The van der Waals surface area contributed by atoms with Crippen molar-refractivity contribution in [3.05, 3.63) is 23.5 Å². The second-order valence-corrected chi connectivity index (χ2v) is 4.08. The standard InChI is InChI=1S/C11H17N3O2/c1-2-13-4-3-5-14-7-9(11(15)12-16)6-10(14)8-13/h6-7,16H,2-5,8H2,1H3,(H,12,15). The zero-order chi connectivity index (χ0) is 11.5. The highest BCUT2D eigenvalue weighted by molar-refractivity contribution is 5.93. The number of fused-ring (bicyclic) bond motifs is 1. The van der Waals surface area contributed by atoms with Gasteiger partial charge in [0.25, 0.3) is 5.91 Å². The summed E-state index contributed by atoms with van der Waals surface area (Å²) in [5.74, 6) is -0.441. The summed E-state index contributed by atoms with van der Waals surface area (Å²) in [5, 5.41) is 8.58. The molecule has 88 valence electrons. The smallest absolute Gasteiger partial charge is 0.276 e. The van der Waals surface area contributed by atoms with Crippen LogP contribution < -0.4 is 5.48 Å². The quantitative estimate of drug-likeness (QED) is 0.577. The van der Waals surface area contributed by atoms with Crippen molar-refractivity contribution in [3.63, 3.8) is 0 Å². The van der Waals surface area contributed by atoms with Crippen LogP contribution in [0.25, 0.3) is 0 Å². The van der Waals surface area contributed by atoms with Crippen molar-refractivity contribution in [2.75, 3.05) is 13.1 Å². The van der Waals surface area contributed by atoms with Crippen molar-refractivity contribution in [1.29, 1.82) is 0 Å². The Bertz CT molecular complexity index is 387. The van der Waals surface area contributed by atoms with Gasteiger partial charge in [0.1, 0.15) is 0 Å². The fourth-order valence-electron chi connectivity index (χ4n) is 2.13. The van der Waals surface area contributed by atoms with E-state index in [1.165, 1.54) is 0 Å². The minimum absolute atomic E-state index is 0.441. The van der Waals surface area contributed by atoms with Gasteiger partial charge in [0.15, 0.2) is 0 Å². The summed E-state index contributed by atoms with van der Waals surface area (Å²) >= 11 is 0. The third-order valence-corrected chi connectivity index (χ3v) is 3.06. The highest BCUT2D eigenvalue weighted by Crippen LogP contribution is 2.16. The van der Waals surface area contributed by atoms with Crippen molar-refractivity contribution in [1.82, 2.24) is 14.9 Å². The van der Waals surface area contributed by atoms with E-state index in [4.69, 9.17) is 5.21 Å². The molecule has 1 amide bonds. The lowest BCUT2D eigenvalue weighted by atomic mass is 10.3. The summed E-state index contributed by atoms with van der Waals surface area (Å²) in [6, 6.07) is 1.85. The number of aryl methyl sites for hydroxylation is 1. The zero-order valence-electron chi connectivity index (χ0n) is 9.44. The Morgan fingerprint density at radius 2 is 2.38 bits per heavy atom.